The average molecular weight is 476 g/mol. The molecule has 176 valence electrons. The Bertz CT molecular complexity index is 1280. The lowest BCUT2D eigenvalue weighted by atomic mass is 10.1. The molecule has 2 aromatic rings. The van der Waals surface area contributed by atoms with E-state index >= 15 is 0 Å². The molecule has 12 heteroatoms. The van der Waals surface area contributed by atoms with Gasteiger partial charge in [-0.3, -0.25) is 9.59 Å². The Morgan fingerprint density at radius 1 is 1.24 bits per heavy atom. The number of rotatable bonds is 7. The van der Waals surface area contributed by atoms with Crippen LogP contribution in [-0.4, -0.2) is 50.2 Å². The lowest BCUT2D eigenvalue weighted by Gasteiger charge is -2.19. The molecule has 1 aromatic carbocycles. The van der Waals surface area contributed by atoms with Gasteiger partial charge < -0.3 is 30.8 Å². The second-order valence-corrected chi connectivity index (χ2v) is 9.10. The van der Waals surface area contributed by atoms with E-state index in [4.69, 9.17) is 10.2 Å². The van der Waals surface area contributed by atoms with Crippen LogP contribution >= 0.6 is 0 Å². The molecular weight excluding hydrogens is 450 g/mol. The van der Waals surface area contributed by atoms with Gasteiger partial charge in [-0.05, 0) is 37.6 Å². The number of nitrogens with one attached hydrogen (secondary N) is 2. The fourth-order valence-electron chi connectivity index (χ4n) is 3.29. The number of hydrogen-bond acceptors (Lipinski definition) is 8. The highest BCUT2D eigenvalue weighted by atomic mass is 32.2. The van der Waals surface area contributed by atoms with Crippen molar-refractivity contribution in [2.75, 3.05) is 19.4 Å². The fourth-order valence-corrected chi connectivity index (χ4v) is 4.42. The Kier molecular flexibility index (Phi) is 6.49. The number of benzene rings is 1. The molecule has 1 atom stereocenters. The van der Waals surface area contributed by atoms with Crippen molar-refractivity contribution in [3.05, 3.63) is 58.0 Å². The van der Waals surface area contributed by atoms with Crippen molar-refractivity contribution in [3.63, 3.8) is 0 Å². The largest absolute Gasteiger partial charge is 0.505 e. The van der Waals surface area contributed by atoms with E-state index < -0.39 is 38.5 Å². The van der Waals surface area contributed by atoms with Gasteiger partial charge in [-0.2, -0.15) is 8.42 Å². The molecule has 2 amide bonds. The molecule has 0 saturated heterocycles. The smallest absolute Gasteiger partial charge is 0.292 e. The number of para-hydroxylation sites is 1. The molecule has 3 rings (SSSR count). The number of aryl methyl sites for hydroxylation is 1. The second-order valence-electron chi connectivity index (χ2n) is 7.56. The highest BCUT2D eigenvalue weighted by Crippen LogP contribution is 2.33. The maximum Gasteiger partial charge on any atom is 0.292 e. The summed E-state index contributed by atoms with van der Waals surface area (Å²) in [4.78, 5) is 24.9. The number of primary amides is 1. The van der Waals surface area contributed by atoms with E-state index in [0.717, 1.165) is 0 Å². The summed E-state index contributed by atoms with van der Waals surface area (Å²) < 4.78 is 34.5. The normalized spacial score (nSPS) is 15.7. The van der Waals surface area contributed by atoms with Crippen molar-refractivity contribution in [1.82, 2.24) is 10.2 Å². The quantitative estimate of drug-likeness (QED) is 0.438. The van der Waals surface area contributed by atoms with Gasteiger partial charge >= 0.3 is 0 Å². The summed E-state index contributed by atoms with van der Waals surface area (Å²) in [5.41, 5.74) is 5.09. The summed E-state index contributed by atoms with van der Waals surface area (Å²) in [6, 6.07) is 7.38. The second kappa shape index (κ2) is 8.98. The third kappa shape index (κ3) is 4.70. The number of sulfonamides is 1. The molecule has 1 aromatic heterocycles. The van der Waals surface area contributed by atoms with Crippen LogP contribution in [0.5, 0.6) is 5.75 Å². The first-order chi connectivity index (χ1) is 15.5. The number of furan rings is 1. The zero-order chi connectivity index (χ0) is 24.5. The molecule has 5 N–H and O–H groups in total. The van der Waals surface area contributed by atoms with Gasteiger partial charge in [0.1, 0.15) is 17.2 Å². The SMILES string of the molecule is CC[C@@H](NC1=NS(=O)(=O)C(C(N)=O)=C1Nc1cccc(C(=O)N(C)C)c1O)c1ccc(C)o1. The number of hydrogen-bond donors (Lipinski definition) is 4. The van der Waals surface area contributed by atoms with E-state index in [2.05, 4.69) is 15.0 Å². The van der Waals surface area contributed by atoms with E-state index in [9.17, 15) is 23.1 Å². The first-order valence-corrected chi connectivity index (χ1v) is 11.4. The lowest BCUT2D eigenvalue weighted by molar-refractivity contribution is -0.113. The number of phenols is 1. The van der Waals surface area contributed by atoms with Crippen LogP contribution in [0.1, 0.15) is 41.3 Å². The minimum absolute atomic E-state index is 0.00931. The van der Waals surface area contributed by atoms with Crippen molar-refractivity contribution in [3.8, 4) is 5.75 Å². The van der Waals surface area contributed by atoms with E-state index in [1.54, 1.807) is 19.1 Å². The number of phenolic OH excluding ortho intramolecular Hbond substituents is 1. The summed E-state index contributed by atoms with van der Waals surface area (Å²) in [5.74, 6) is -1.07. The van der Waals surface area contributed by atoms with Gasteiger partial charge in [-0.25, -0.2) is 0 Å². The summed E-state index contributed by atoms with van der Waals surface area (Å²) in [7, 11) is -1.36. The third-order valence-electron chi connectivity index (χ3n) is 4.91. The van der Waals surface area contributed by atoms with Crippen LogP contribution in [-0.2, 0) is 14.8 Å². The Morgan fingerprint density at radius 3 is 2.48 bits per heavy atom. The van der Waals surface area contributed by atoms with Crippen LogP contribution in [0.15, 0.2) is 49.7 Å². The molecule has 33 heavy (non-hydrogen) atoms. The topological polar surface area (TPSA) is 167 Å². The zero-order valence-electron chi connectivity index (χ0n) is 18.5. The Labute approximate surface area is 191 Å². The van der Waals surface area contributed by atoms with Gasteiger partial charge in [-0.1, -0.05) is 13.0 Å². The number of nitrogens with two attached hydrogens (primary N) is 1. The molecule has 2 heterocycles. The van der Waals surface area contributed by atoms with Crippen molar-refractivity contribution in [2.24, 2.45) is 10.1 Å². The van der Waals surface area contributed by atoms with Crippen molar-refractivity contribution < 1.29 is 27.5 Å². The maximum atomic E-state index is 12.6. The number of anilines is 1. The molecule has 0 spiro atoms. The van der Waals surface area contributed by atoms with Crippen molar-refractivity contribution in [2.45, 2.75) is 26.3 Å². The molecule has 0 unspecified atom stereocenters. The highest BCUT2D eigenvalue weighted by Gasteiger charge is 2.38. The molecule has 0 radical (unpaired) electrons. The zero-order valence-corrected chi connectivity index (χ0v) is 19.4. The molecule has 0 saturated carbocycles. The van der Waals surface area contributed by atoms with Gasteiger partial charge in [-0.15, -0.1) is 4.40 Å². The van der Waals surface area contributed by atoms with Gasteiger partial charge in [0.25, 0.3) is 21.8 Å². The van der Waals surface area contributed by atoms with Crippen molar-refractivity contribution in [1.29, 1.82) is 0 Å². The number of carbonyl (C=O) groups excluding carboxylic acids is 2. The summed E-state index contributed by atoms with van der Waals surface area (Å²) >= 11 is 0. The van der Waals surface area contributed by atoms with Crippen LogP contribution in [0.25, 0.3) is 0 Å². The molecule has 11 nitrogen and oxygen atoms in total. The molecule has 0 bridgehead atoms. The van der Waals surface area contributed by atoms with Gasteiger partial charge in [0, 0.05) is 14.1 Å². The van der Waals surface area contributed by atoms with E-state index in [1.807, 2.05) is 6.92 Å². The van der Waals surface area contributed by atoms with Crippen LogP contribution in [0, 0.1) is 6.92 Å². The van der Waals surface area contributed by atoms with Crippen LogP contribution < -0.4 is 16.4 Å². The van der Waals surface area contributed by atoms with Gasteiger partial charge in [0.05, 0.1) is 17.3 Å². The maximum absolute atomic E-state index is 12.6. The number of nitrogens with zero attached hydrogens (tertiary/aromatic N) is 2. The molecule has 1 aliphatic rings. The highest BCUT2D eigenvalue weighted by molar-refractivity contribution is 7.95. The molecular formula is C21H25N5O6S. The van der Waals surface area contributed by atoms with E-state index in [-0.39, 0.29) is 22.8 Å². The third-order valence-corrected chi connectivity index (χ3v) is 6.26. The Balaban J connectivity index is 2.06. The summed E-state index contributed by atoms with van der Waals surface area (Å²) in [6.07, 6.45) is 0.503. The van der Waals surface area contributed by atoms with Gasteiger partial charge in [0.15, 0.2) is 16.5 Å². The Hall–Kier alpha value is -3.80. The standard InChI is InChI=1S/C21H25N5O6S/c1-5-13(15-10-9-11(2)32-15)24-20-16(18(19(22)28)33(30,31)25-20)23-14-8-6-7-12(17(14)27)21(29)26(3)4/h6-10,13,23,27H,5H2,1-4H3,(H2,22,28)(H,24,25)/t13-/m1/s1. The predicted molar refractivity (Wildman–Crippen MR) is 122 cm³/mol. The monoisotopic (exact) mass is 475 g/mol. The first kappa shape index (κ1) is 23.9. The first-order valence-electron chi connectivity index (χ1n) is 9.99. The van der Waals surface area contributed by atoms with E-state index in [0.29, 0.717) is 17.9 Å². The molecule has 0 fully saturated rings. The summed E-state index contributed by atoms with van der Waals surface area (Å²) in [5, 5.41) is 16.3. The molecule has 0 aliphatic carbocycles. The summed E-state index contributed by atoms with van der Waals surface area (Å²) in [6.45, 7) is 3.63. The predicted octanol–water partition coefficient (Wildman–Crippen LogP) is 1.59. The lowest BCUT2D eigenvalue weighted by Crippen LogP contribution is -2.32. The van der Waals surface area contributed by atoms with Crippen LogP contribution in [0.4, 0.5) is 5.69 Å². The minimum atomic E-state index is -4.41. The van der Waals surface area contributed by atoms with Crippen molar-refractivity contribution >= 4 is 33.4 Å². The number of aromatic hydroxyl groups is 1. The van der Waals surface area contributed by atoms with E-state index in [1.165, 1.54) is 37.2 Å². The van der Waals surface area contributed by atoms with Crippen LogP contribution in [0.3, 0.4) is 0 Å². The minimum Gasteiger partial charge on any atom is -0.505 e. The number of amides is 2. The fraction of sp³-hybridized carbons (Fsp3) is 0.286. The van der Waals surface area contributed by atoms with Gasteiger partial charge in [0.2, 0.25) is 0 Å². The van der Waals surface area contributed by atoms with Crippen LogP contribution in [0.2, 0.25) is 0 Å². The average Bonchev–Trinajstić information content (AvgIpc) is 3.26. The number of amidine groups is 1. The number of carbonyl (C=O) groups is 2. The Morgan fingerprint density at radius 2 is 1.94 bits per heavy atom. The molecule has 1 aliphatic heterocycles.